The van der Waals surface area contributed by atoms with Gasteiger partial charge in [-0.05, 0) is 69.4 Å². The molecule has 1 heterocycles. The number of benzene rings is 1. The van der Waals surface area contributed by atoms with Crippen molar-refractivity contribution in [1.29, 1.82) is 0 Å². The van der Waals surface area contributed by atoms with Gasteiger partial charge in [-0.3, -0.25) is 24.1 Å². The molecule has 4 amide bonds. The van der Waals surface area contributed by atoms with Crippen LogP contribution in [0.3, 0.4) is 0 Å². The van der Waals surface area contributed by atoms with Crippen LogP contribution in [0.5, 0.6) is 0 Å². The van der Waals surface area contributed by atoms with Crippen molar-refractivity contribution in [1.82, 2.24) is 25.3 Å². The van der Waals surface area contributed by atoms with Crippen LogP contribution in [0.2, 0.25) is 0 Å². The molecule has 1 aliphatic rings. The van der Waals surface area contributed by atoms with Crippen LogP contribution >= 0.6 is 11.8 Å². The minimum Gasteiger partial charge on any atom is -0.379 e. The number of nitrogens with one attached hydrogen (secondary N) is 2. The molecule has 0 spiro atoms. The normalized spacial score (nSPS) is 18.4. The quantitative estimate of drug-likeness (QED) is 0.168. The number of thioether (sulfide) groups is 1. The maximum absolute atomic E-state index is 14.1. The van der Waals surface area contributed by atoms with Gasteiger partial charge in [0.2, 0.25) is 23.6 Å². The number of methoxy groups -OCH3 is 1. The zero-order chi connectivity index (χ0) is 37.5. The second-order valence-corrected chi connectivity index (χ2v) is 16.0. The highest BCUT2D eigenvalue weighted by Gasteiger charge is 2.40. The van der Waals surface area contributed by atoms with Crippen LogP contribution in [0.25, 0.3) is 0 Å². The van der Waals surface area contributed by atoms with Gasteiger partial charge in [0.25, 0.3) is 0 Å². The van der Waals surface area contributed by atoms with Gasteiger partial charge in [-0.25, -0.2) is 0 Å². The van der Waals surface area contributed by atoms with Crippen molar-refractivity contribution < 1.29 is 23.9 Å². The summed E-state index contributed by atoms with van der Waals surface area (Å²) in [5.74, 6) is -0.300. The largest absolute Gasteiger partial charge is 0.379 e. The highest BCUT2D eigenvalue weighted by Crippen LogP contribution is 2.27. The molecule has 0 aliphatic carbocycles. The molecule has 1 aliphatic heterocycles. The molecule has 0 aromatic heterocycles. The fourth-order valence-corrected chi connectivity index (χ4v) is 7.97. The number of amides is 4. The third kappa shape index (κ3) is 12.9. The zero-order valence-corrected chi connectivity index (χ0v) is 33.6. The molecule has 1 aromatic rings. The van der Waals surface area contributed by atoms with E-state index in [9.17, 15) is 19.2 Å². The van der Waals surface area contributed by atoms with E-state index in [0.29, 0.717) is 19.4 Å². The number of carbonyl (C=O) groups excluding carboxylic acids is 4. The summed E-state index contributed by atoms with van der Waals surface area (Å²) in [6.07, 6.45) is 6.98. The monoisotopic (exact) mass is 717 g/mol. The first-order chi connectivity index (χ1) is 23.7. The van der Waals surface area contributed by atoms with Gasteiger partial charge in [0, 0.05) is 39.6 Å². The van der Waals surface area contributed by atoms with E-state index in [1.807, 2.05) is 76.0 Å². The minimum absolute atomic E-state index is 0.0164. The first kappa shape index (κ1) is 43.5. The number of hydrogen-bond donors (Lipinski definition) is 2. The molecule has 1 saturated heterocycles. The van der Waals surface area contributed by atoms with Gasteiger partial charge in [0.1, 0.15) is 6.04 Å². The summed E-state index contributed by atoms with van der Waals surface area (Å²) in [5, 5.41) is 6.24. The van der Waals surface area contributed by atoms with E-state index >= 15 is 0 Å². The van der Waals surface area contributed by atoms with E-state index in [-0.39, 0.29) is 71.3 Å². The van der Waals surface area contributed by atoms with Crippen LogP contribution in [-0.4, -0.2) is 115 Å². The Morgan fingerprint density at radius 2 is 1.66 bits per heavy atom. The minimum atomic E-state index is -0.710. The highest BCUT2D eigenvalue weighted by molar-refractivity contribution is 7.99. The average Bonchev–Trinajstić information content (AvgIpc) is 3.54. The molecule has 1 fully saturated rings. The fourth-order valence-electron chi connectivity index (χ4n) is 7.36. The summed E-state index contributed by atoms with van der Waals surface area (Å²) in [5.41, 5.74) is 1.19. The first-order valence-electron chi connectivity index (χ1n) is 18.6. The molecule has 7 unspecified atom stereocenters. The van der Waals surface area contributed by atoms with Crippen molar-refractivity contribution in [2.75, 3.05) is 41.1 Å². The van der Waals surface area contributed by atoms with Crippen molar-refractivity contribution in [3.8, 4) is 0 Å². The number of rotatable bonds is 21. The SMILES string of the molecule is CCC(C)C(C(CC(=O)N1CCCC1CCCC(=O)NC(Cc1ccccc1)SC)OC)N(C)C(=O)C(NC(=O)C(C(C)C)N(C)C)C(C)C. The standard InChI is InChI=1S/C39H67N5O5S/c1-12-28(6)37(43(9)39(48)35(26(2)3)41-38(47)36(27(4)5)42(7)8)31(49-10)25-34(46)44-23-17-21-30(44)20-16-22-32(45)40-33(50-11)24-29-18-14-13-15-19-29/h13-15,18-19,26-28,30-31,33,35-37H,12,16-17,20-25H2,1-11H3,(H,40,45)(H,41,47). The Kier molecular flexibility index (Phi) is 18.9. The maximum atomic E-state index is 14.1. The Morgan fingerprint density at radius 3 is 2.20 bits per heavy atom. The average molecular weight is 718 g/mol. The Morgan fingerprint density at radius 1 is 1.00 bits per heavy atom. The number of likely N-dealkylation sites (tertiary alicyclic amines) is 1. The lowest BCUT2D eigenvalue weighted by molar-refractivity contribution is -0.146. The molecule has 11 heteroatoms. The number of carbonyl (C=O) groups is 4. The van der Waals surface area contributed by atoms with Gasteiger partial charge < -0.3 is 25.2 Å². The molecule has 284 valence electrons. The van der Waals surface area contributed by atoms with Crippen LogP contribution in [-0.2, 0) is 30.3 Å². The second-order valence-electron chi connectivity index (χ2n) is 14.9. The summed E-state index contributed by atoms with van der Waals surface area (Å²) < 4.78 is 6.01. The van der Waals surface area contributed by atoms with Gasteiger partial charge in [0.05, 0.1) is 30.0 Å². The number of hydrogen-bond acceptors (Lipinski definition) is 7. The zero-order valence-electron chi connectivity index (χ0n) is 32.7. The van der Waals surface area contributed by atoms with E-state index in [0.717, 1.165) is 32.1 Å². The summed E-state index contributed by atoms with van der Waals surface area (Å²) in [7, 11) is 7.13. The Bertz CT molecular complexity index is 1190. The van der Waals surface area contributed by atoms with Crippen LogP contribution in [0.1, 0.15) is 92.1 Å². The van der Waals surface area contributed by atoms with Crippen molar-refractivity contribution in [3.63, 3.8) is 0 Å². The Hall–Kier alpha value is -2.63. The lowest BCUT2D eigenvalue weighted by atomic mass is 9.89. The molecule has 7 atom stereocenters. The molecule has 0 radical (unpaired) electrons. The molecule has 0 bridgehead atoms. The maximum Gasteiger partial charge on any atom is 0.245 e. The third-order valence-corrected chi connectivity index (χ3v) is 11.1. The summed E-state index contributed by atoms with van der Waals surface area (Å²) >= 11 is 1.64. The van der Waals surface area contributed by atoms with Crippen LogP contribution in [0, 0.1) is 17.8 Å². The van der Waals surface area contributed by atoms with Crippen molar-refractivity contribution in [2.24, 2.45) is 17.8 Å². The molecule has 1 aromatic carbocycles. The van der Waals surface area contributed by atoms with Gasteiger partial charge in [-0.2, -0.15) is 0 Å². The van der Waals surface area contributed by atoms with Crippen molar-refractivity contribution in [3.05, 3.63) is 35.9 Å². The van der Waals surface area contributed by atoms with Gasteiger partial charge in [0.15, 0.2) is 0 Å². The summed E-state index contributed by atoms with van der Waals surface area (Å²) in [6.45, 7) is 12.7. The molecular formula is C39H67N5O5S. The van der Waals surface area contributed by atoms with E-state index in [1.165, 1.54) is 5.56 Å². The Balaban J connectivity index is 2.07. The first-order valence-corrected chi connectivity index (χ1v) is 19.9. The molecular weight excluding hydrogens is 651 g/mol. The molecule has 10 nitrogen and oxygen atoms in total. The molecule has 2 N–H and O–H groups in total. The highest BCUT2D eigenvalue weighted by atomic mass is 32.2. The predicted molar refractivity (Wildman–Crippen MR) is 205 cm³/mol. The molecule has 50 heavy (non-hydrogen) atoms. The smallest absolute Gasteiger partial charge is 0.245 e. The fraction of sp³-hybridized carbons (Fsp3) is 0.744. The third-order valence-electron chi connectivity index (χ3n) is 10.3. The van der Waals surface area contributed by atoms with Gasteiger partial charge in [-0.1, -0.05) is 78.3 Å². The van der Waals surface area contributed by atoms with E-state index < -0.39 is 12.1 Å². The van der Waals surface area contributed by atoms with Gasteiger partial charge >= 0.3 is 0 Å². The second kappa shape index (κ2) is 21.7. The van der Waals surface area contributed by atoms with Gasteiger partial charge in [-0.15, -0.1) is 11.8 Å². The topological polar surface area (TPSA) is 111 Å². The summed E-state index contributed by atoms with van der Waals surface area (Å²) in [6, 6.07) is 8.82. The number of nitrogens with zero attached hydrogens (tertiary/aromatic N) is 3. The van der Waals surface area contributed by atoms with E-state index in [1.54, 1.807) is 30.8 Å². The summed E-state index contributed by atoms with van der Waals surface area (Å²) in [4.78, 5) is 59.7. The van der Waals surface area contributed by atoms with Crippen molar-refractivity contribution >= 4 is 35.4 Å². The van der Waals surface area contributed by atoms with Crippen LogP contribution in [0.15, 0.2) is 30.3 Å². The lowest BCUT2D eigenvalue weighted by Crippen LogP contribution is -2.59. The van der Waals surface area contributed by atoms with E-state index in [2.05, 4.69) is 36.6 Å². The van der Waals surface area contributed by atoms with Crippen LogP contribution in [0.4, 0.5) is 0 Å². The number of likely N-dealkylation sites (N-methyl/N-ethyl adjacent to an activating group) is 2. The van der Waals surface area contributed by atoms with Crippen LogP contribution < -0.4 is 10.6 Å². The number of ether oxygens (including phenoxy) is 1. The van der Waals surface area contributed by atoms with E-state index in [4.69, 9.17) is 4.74 Å². The molecule has 0 saturated carbocycles. The molecule has 2 rings (SSSR count). The predicted octanol–water partition coefficient (Wildman–Crippen LogP) is 5.20. The lowest BCUT2D eigenvalue weighted by Gasteiger charge is -2.40. The Labute approximate surface area is 307 Å². The van der Waals surface area contributed by atoms with Crippen molar-refractivity contribution in [2.45, 2.75) is 129 Å².